The van der Waals surface area contributed by atoms with Gasteiger partial charge in [-0.3, -0.25) is 30.3 Å². The second-order valence-electron chi connectivity index (χ2n) is 11.0. The number of carbonyl (C=O) groups excluding carboxylic acids is 1. The van der Waals surface area contributed by atoms with E-state index in [1.54, 1.807) is 19.1 Å². The zero-order valence-corrected chi connectivity index (χ0v) is 25.1. The van der Waals surface area contributed by atoms with Crippen molar-refractivity contribution in [1.82, 2.24) is 15.1 Å². The zero-order valence-electron chi connectivity index (χ0n) is 25.1. The average Bonchev–Trinajstić information content (AvgIpc) is 2.99. The molecule has 1 aliphatic rings. The Morgan fingerprint density at radius 3 is 1.95 bits per heavy atom. The maximum absolute atomic E-state index is 12.7. The number of hydrogen-bond donors (Lipinski definition) is 5. The van der Waals surface area contributed by atoms with Crippen molar-refractivity contribution in [2.45, 2.75) is 39.8 Å². The Labute approximate surface area is 249 Å². The number of hydrogen-bond acceptors (Lipinski definition) is 7. The highest BCUT2D eigenvalue weighted by atomic mass is 16.3. The molecule has 1 heterocycles. The number of rotatable bonds is 9. The van der Waals surface area contributed by atoms with Gasteiger partial charge in [0.25, 0.3) is 5.91 Å². The van der Waals surface area contributed by atoms with Crippen LogP contribution in [0.25, 0.3) is 0 Å². The molecular formula is C33H43N7O2. The zero-order chi connectivity index (χ0) is 30.2. The van der Waals surface area contributed by atoms with Gasteiger partial charge in [-0.25, -0.2) is 0 Å². The predicted molar refractivity (Wildman–Crippen MR) is 171 cm³/mol. The number of anilines is 2. The van der Waals surface area contributed by atoms with Crippen molar-refractivity contribution in [3.8, 4) is 5.75 Å². The van der Waals surface area contributed by atoms with E-state index in [0.29, 0.717) is 12.2 Å². The molecule has 0 aliphatic carbocycles. The molecule has 222 valence electrons. The number of phenolic OH excluding ortho intramolecular Hbond substituents is 1. The number of aromatic hydroxyl groups is 1. The van der Waals surface area contributed by atoms with Crippen LogP contribution in [0.15, 0.2) is 66.7 Å². The molecule has 0 atom stereocenters. The van der Waals surface area contributed by atoms with Gasteiger partial charge >= 0.3 is 0 Å². The van der Waals surface area contributed by atoms with E-state index < -0.39 is 5.91 Å². The Morgan fingerprint density at radius 2 is 1.45 bits per heavy atom. The van der Waals surface area contributed by atoms with Crippen LogP contribution in [0.4, 0.5) is 11.4 Å². The lowest BCUT2D eigenvalue weighted by molar-refractivity contribution is -0.114. The van der Waals surface area contributed by atoms with Crippen LogP contribution in [0.1, 0.15) is 48.9 Å². The first-order chi connectivity index (χ1) is 20.2. The molecule has 0 radical (unpaired) electrons. The van der Waals surface area contributed by atoms with Crippen molar-refractivity contribution in [3.63, 3.8) is 0 Å². The molecule has 3 aromatic rings. The van der Waals surface area contributed by atoms with Crippen molar-refractivity contribution < 1.29 is 9.90 Å². The number of amides is 1. The normalized spacial score (nSPS) is 14.0. The average molecular weight is 570 g/mol. The molecule has 3 aromatic carbocycles. The van der Waals surface area contributed by atoms with Gasteiger partial charge in [-0.1, -0.05) is 44.2 Å². The summed E-state index contributed by atoms with van der Waals surface area (Å²) in [6.07, 6.45) is 0. The summed E-state index contributed by atoms with van der Waals surface area (Å²) in [4.78, 5) is 18.9. The summed E-state index contributed by atoms with van der Waals surface area (Å²) in [7, 11) is 1.93. The maximum atomic E-state index is 12.7. The van der Waals surface area contributed by atoms with E-state index in [9.17, 15) is 9.90 Å². The number of nitrogens with zero attached hydrogens (tertiary/aromatic N) is 3. The van der Waals surface area contributed by atoms with Crippen LogP contribution in [0.5, 0.6) is 5.75 Å². The maximum Gasteiger partial charge on any atom is 0.287 e. The van der Waals surface area contributed by atoms with Gasteiger partial charge in [-0.05, 0) is 65.9 Å². The first kappa shape index (κ1) is 30.7. The first-order valence-corrected chi connectivity index (χ1v) is 14.6. The fourth-order valence-electron chi connectivity index (χ4n) is 5.09. The van der Waals surface area contributed by atoms with Crippen LogP contribution in [0, 0.1) is 10.8 Å². The van der Waals surface area contributed by atoms with Gasteiger partial charge in [0, 0.05) is 64.2 Å². The molecule has 1 fully saturated rings. The molecule has 0 unspecified atom stereocenters. The van der Waals surface area contributed by atoms with E-state index >= 15 is 0 Å². The number of likely N-dealkylation sites (N-methyl/N-ethyl adjacent to an activating group) is 1. The van der Waals surface area contributed by atoms with Gasteiger partial charge in [-0.15, -0.1) is 0 Å². The Balaban J connectivity index is 1.45. The quantitative estimate of drug-likeness (QED) is 0.186. The molecule has 0 aromatic heterocycles. The minimum Gasteiger partial charge on any atom is -0.507 e. The molecule has 0 saturated carbocycles. The number of amidine groups is 2. The molecule has 1 amide bonds. The van der Waals surface area contributed by atoms with E-state index in [1.807, 2.05) is 51.2 Å². The number of phenols is 1. The van der Waals surface area contributed by atoms with E-state index in [-0.39, 0.29) is 28.9 Å². The summed E-state index contributed by atoms with van der Waals surface area (Å²) in [5, 5.41) is 34.0. The largest absolute Gasteiger partial charge is 0.507 e. The summed E-state index contributed by atoms with van der Waals surface area (Å²) < 4.78 is 0. The SMILES string of the molecule is CCNC(=O)C(=N)N(C(=N)c1cc(C(C)C)ccc1O)c1ccc(CN2CCN(Cc3ccc(NC)cc3)CC2)cc1. The van der Waals surface area contributed by atoms with Gasteiger partial charge in [0.2, 0.25) is 0 Å². The smallest absolute Gasteiger partial charge is 0.287 e. The van der Waals surface area contributed by atoms with Gasteiger partial charge in [0.05, 0.1) is 5.56 Å². The van der Waals surface area contributed by atoms with Gasteiger partial charge in [0.15, 0.2) is 5.84 Å². The lowest BCUT2D eigenvalue weighted by atomic mass is 9.99. The lowest BCUT2D eigenvalue weighted by Crippen LogP contribution is -2.46. The van der Waals surface area contributed by atoms with E-state index in [0.717, 1.165) is 56.1 Å². The number of carbonyl (C=O) groups is 1. The summed E-state index contributed by atoms with van der Waals surface area (Å²) >= 11 is 0. The highest BCUT2D eigenvalue weighted by Crippen LogP contribution is 2.27. The lowest BCUT2D eigenvalue weighted by Gasteiger charge is -2.35. The summed E-state index contributed by atoms with van der Waals surface area (Å²) in [6, 6.07) is 21.4. The standard InChI is InChI=1S/C33H43N7O2/c1-5-37-33(42)32(35)40(31(34)29-20-26(23(2)3)10-15-30(29)41)28-13-8-25(9-14-28)22-39-18-16-38(17-19-39)21-24-6-11-27(36-4)12-7-24/h6-15,20,23,34-36,41H,5,16-19,21-22H2,1-4H3,(H,37,42). The topological polar surface area (TPSA) is 119 Å². The van der Waals surface area contributed by atoms with E-state index in [1.165, 1.54) is 10.5 Å². The molecule has 1 saturated heterocycles. The number of benzene rings is 3. The number of piperazine rings is 1. The Bertz CT molecular complexity index is 1380. The minimum atomic E-state index is -0.582. The van der Waals surface area contributed by atoms with Gasteiger partial charge in [-0.2, -0.15) is 0 Å². The molecule has 9 heteroatoms. The van der Waals surface area contributed by atoms with E-state index in [4.69, 9.17) is 10.8 Å². The fourth-order valence-corrected chi connectivity index (χ4v) is 5.09. The van der Waals surface area contributed by atoms with Crippen molar-refractivity contribution >= 4 is 29.0 Å². The minimum absolute atomic E-state index is 0.0659. The third-order valence-electron chi connectivity index (χ3n) is 7.66. The third-order valence-corrected chi connectivity index (χ3v) is 7.66. The molecule has 9 nitrogen and oxygen atoms in total. The van der Waals surface area contributed by atoms with Crippen LogP contribution in [0.3, 0.4) is 0 Å². The van der Waals surface area contributed by atoms with Crippen molar-refractivity contribution in [2.75, 3.05) is 50.0 Å². The Kier molecular flexibility index (Phi) is 10.3. The van der Waals surface area contributed by atoms with Crippen LogP contribution >= 0.6 is 0 Å². The van der Waals surface area contributed by atoms with Crippen LogP contribution in [-0.2, 0) is 17.9 Å². The van der Waals surface area contributed by atoms with Crippen LogP contribution in [-0.4, -0.2) is 72.3 Å². The van der Waals surface area contributed by atoms with Gasteiger partial charge in [0.1, 0.15) is 11.6 Å². The number of nitrogens with one attached hydrogen (secondary N) is 4. The summed E-state index contributed by atoms with van der Waals surface area (Å²) in [5.74, 6) is -0.957. The van der Waals surface area contributed by atoms with E-state index in [2.05, 4.69) is 44.7 Å². The first-order valence-electron chi connectivity index (χ1n) is 14.6. The molecule has 0 spiro atoms. The summed E-state index contributed by atoms with van der Waals surface area (Å²) in [5.41, 5.74) is 5.30. The summed E-state index contributed by atoms with van der Waals surface area (Å²) in [6.45, 7) is 11.9. The van der Waals surface area contributed by atoms with Crippen LogP contribution < -0.4 is 15.5 Å². The molecule has 0 bridgehead atoms. The highest BCUT2D eigenvalue weighted by Gasteiger charge is 2.26. The van der Waals surface area contributed by atoms with Gasteiger partial charge < -0.3 is 15.7 Å². The fraction of sp³-hybridized carbons (Fsp3) is 0.364. The Hall–Kier alpha value is -4.21. The highest BCUT2D eigenvalue weighted by molar-refractivity contribution is 6.48. The second kappa shape index (κ2) is 14.1. The van der Waals surface area contributed by atoms with Crippen molar-refractivity contribution in [1.29, 1.82) is 10.8 Å². The molecule has 4 rings (SSSR count). The monoisotopic (exact) mass is 569 g/mol. The van der Waals surface area contributed by atoms with Crippen molar-refractivity contribution in [2.24, 2.45) is 0 Å². The molecule has 5 N–H and O–H groups in total. The van der Waals surface area contributed by atoms with Crippen LogP contribution in [0.2, 0.25) is 0 Å². The second-order valence-corrected chi connectivity index (χ2v) is 11.0. The molecular weight excluding hydrogens is 526 g/mol. The third kappa shape index (κ3) is 7.54. The Morgan fingerprint density at radius 1 is 0.905 bits per heavy atom. The molecule has 42 heavy (non-hydrogen) atoms. The van der Waals surface area contributed by atoms with Crippen molar-refractivity contribution in [3.05, 3.63) is 89.0 Å². The molecule has 1 aliphatic heterocycles. The predicted octanol–water partition coefficient (Wildman–Crippen LogP) is 4.82.